The summed E-state index contributed by atoms with van der Waals surface area (Å²) in [6.45, 7) is 4.05. The van der Waals surface area contributed by atoms with E-state index >= 15 is 0 Å². The second kappa shape index (κ2) is 5.71. The van der Waals surface area contributed by atoms with Gasteiger partial charge in [0.15, 0.2) is 0 Å². The zero-order valence-corrected chi connectivity index (χ0v) is 13.6. The molecule has 1 aliphatic heterocycles. The van der Waals surface area contributed by atoms with Crippen molar-refractivity contribution < 1.29 is 4.42 Å². The van der Waals surface area contributed by atoms with E-state index < -0.39 is 0 Å². The van der Waals surface area contributed by atoms with Crippen LogP contribution in [-0.2, 0) is 6.54 Å². The summed E-state index contributed by atoms with van der Waals surface area (Å²) >= 11 is 0. The second-order valence-electron chi connectivity index (χ2n) is 6.48. The monoisotopic (exact) mass is 303 g/mol. The third-order valence-electron chi connectivity index (χ3n) is 4.68. The molecule has 2 heteroatoms. The minimum Gasteiger partial charge on any atom is -0.461 e. The van der Waals surface area contributed by atoms with Gasteiger partial charge in [0.25, 0.3) is 0 Å². The van der Waals surface area contributed by atoms with Gasteiger partial charge in [0, 0.05) is 24.6 Å². The molecule has 0 fully saturated rings. The molecule has 0 amide bonds. The van der Waals surface area contributed by atoms with Gasteiger partial charge in [0.05, 0.1) is 0 Å². The van der Waals surface area contributed by atoms with Crippen molar-refractivity contribution in [1.29, 1.82) is 0 Å². The van der Waals surface area contributed by atoms with Crippen molar-refractivity contribution in [3.05, 3.63) is 83.1 Å². The van der Waals surface area contributed by atoms with E-state index in [1.54, 1.807) is 0 Å². The lowest BCUT2D eigenvalue weighted by molar-refractivity contribution is 0.295. The highest BCUT2D eigenvalue weighted by atomic mass is 16.3. The maximum atomic E-state index is 5.79. The van der Waals surface area contributed by atoms with Crippen LogP contribution in [0.5, 0.6) is 0 Å². The number of likely N-dealkylation sites (N-methyl/N-ethyl adjacent to an activating group) is 1. The molecule has 3 aromatic rings. The maximum absolute atomic E-state index is 5.79. The molecule has 2 heterocycles. The summed E-state index contributed by atoms with van der Waals surface area (Å²) in [7, 11) is 2.20. The van der Waals surface area contributed by atoms with Crippen LogP contribution < -0.4 is 0 Å². The first-order valence-electron chi connectivity index (χ1n) is 8.14. The van der Waals surface area contributed by atoms with Crippen LogP contribution >= 0.6 is 0 Å². The molecular formula is C21H21NO. The SMILES string of the molecule is Cc1ccc(-c2ccc3c(c2)CN(C)C[C@H]3c2ccccc2)o1. The first-order chi connectivity index (χ1) is 11.2. The molecule has 1 atom stereocenters. The highest BCUT2D eigenvalue weighted by Gasteiger charge is 2.25. The van der Waals surface area contributed by atoms with Gasteiger partial charge in [0.1, 0.15) is 11.5 Å². The Morgan fingerprint density at radius 3 is 2.57 bits per heavy atom. The Kier molecular flexibility index (Phi) is 3.55. The number of fused-ring (bicyclic) bond motifs is 1. The molecule has 2 nitrogen and oxygen atoms in total. The van der Waals surface area contributed by atoms with Crippen molar-refractivity contribution in [2.75, 3.05) is 13.6 Å². The summed E-state index contributed by atoms with van der Waals surface area (Å²) in [4.78, 5) is 2.40. The third kappa shape index (κ3) is 2.71. The number of aryl methyl sites for hydroxylation is 1. The van der Waals surface area contributed by atoms with E-state index in [0.717, 1.165) is 24.6 Å². The maximum Gasteiger partial charge on any atom is 0.134 e. The lowest BCUT2D eigenvalue weighted by Crippen LogP contribution is -2.30. The molecule has 1 aromatic heterocycles. The molecule has 0 spiro atoms. The predicted molar refractivity (Wildman–Crippen MR) is 93.5 cm³/mol. The minimum atomic E-state index is 0.442. The summed E-state index contributed by atoms with van der Waals surface area (Å²) in [5, 5.41) is 0. The zero-order valence-electron chi connectivity index (χ0n) is 13.6. The van der Waals surface area contributed by atoms with Crippen molar-refractivity contribution >= 4 is 0 Å². The van der Waals surface area contributed by atoms with Gasteiger partial charge in [-0.1, -0.05) is 42.5 Å². The van der Waals surface area contributed by atoms with E-state index in [2.05, 4.69) is 66.5 Å². The van der Waals surface area contributed by atoms with Gasteiger partial charge in [-0.25, -0.2) is 0 Å². The van der Waals surface area contributed by atoms with E-state index in [-0.39, 0.29) is 0 Å². The van der Waals surface area contributed by atoms with Gasteiger partial charge < -0.3 is 9.32 Å². The largest absolute Gasteiger partial charge is 0.461 e. The van der Waals surface area contributed by atoms with Crippen LogP contribution in [0.2, 0.25) is 0 Å². The fourth-order valence-electron chi connectivity index (χ4n) is 3.56. The van der Waals surface area contributed by atoms with Crippen LogP contribution in [0.15, 0.2) is 65.1 Å². The molecule has 23 heavy (non-hydrogen) atoms. The minimum absolute atomic E-state index is 0.442. The van der Waals surface area contributed by atoms with E-state index in [1.165, 1.54) is 22.3 Å². The van der Waals surface area contributed by atoms with E-state index in [0.29, 0.717) is 5.92 Å². The molecule has 0 aliphatic carbocycles. The van der Waals surface area contributed by atoms with Crippen molar-refractivity contribution in [3.63, 3.8) is 0 Å². The van der Waals surface area contributed by atoms with E-state index in [1.807, 2.05) is 13.0 Å². The van der Waals surface area contributed by atoms with Gasteiger partial charge in [0.2, 0.25) is 0 Å². The number of nitrogens with zero attached hydrogens (tertiary/aromatic N) is 1. The van der Waals surface area contributed by atoms with Gasteiger partial charge in [-0.05, 0) is 48.9 Å². The average molecular weight is 303 g/mol. The fourth-order valence-corrected chi connectivity index (χ4v) is 3.56. The molecule has 2 aromatic carbocycles. The van der Waals surface area contributed by atoms with Gasteiger partial charge in [-0.3, -0.25) is 0 Å². The van der Waals surface area contributed by atoms with Crippen molar-refractivity contribution in [2.24, 2.45) is 0 Å². The van der Waals surface area contributed by atoms with Gasteiger partial charge in [-0.2, -0.15) is 0 Å². The summed E-state index contributed by atoms with van der Waals surface area (Å²) in [6.07, 6.45) is 0. The Morgan fingerprint density at radius 1 is 1.00 bits per heavy atom. The van der Waals surface area contributed by atoms with Crippen LogP contribution in [0.4, 0.5) is 0 Å². The molecule has 0 N–H and O–H groups in total. The summed E-state index contributed by atoms with van der Waals surface area (Å²) < 4.78 is 5.79. The number of hydrogen-bond acceptors (Lipinski definition) is 2. The Labute approximate surface area is 137 Å². The smallest absolute Gasteiger partial charge is 0.134 e. The topological polar surface area (TPSA) is 16.4 Å². The highest BCUT2D eigenvalue weighted by Crippen LogP contribution is 2.35. The molecule has 1 aliphatic rings. The molecule has 0 bridgehead atoms. The zero-order chi connectivity index (χ0) is 15.8. The number of rotatable bonds is 2. The number of benzene rings is 2. The van der Waals surface area contributed by atoms with Crippen molar-refractivity contribution in [1.82, 2.24) is 4.90 Å². The highest BCUT2D eigenvalue weighted by molar-refractivity contribution is 5.61. The number of furan rings is 1. The molecule has 0 radical (unpaired) electrons. The second-order valence-corrected chi connectivity index (χ2v) is 6.48. The fraction of sp³-hybridized carbons (Fsp3) is 0.238. The Bertz CT molecular complexity index is 819. The summed E-state index contributed by atoms with van der Waals surface area (Å²) in [5.41, 5.74) is 5.40. The predicted octanol–water partition coefficient (Wildman–Crippen LogP) is 4.83. The Balaban J connectivity index is 1.77. The van der Waals surface area contributed by atoms with Crippen LogP contribution in [0.25, 0.3) is 11.3 Å². The molecule has 0 unspecified atom stereocenters. The third-order valence-corrected chi connectivity index (χ3v) is 4.68. The Morgan fingerprint density at radius 2 is 1.83 bits per heavy atom. The summed E-state index contributed by atoms with van der Waals surface area (Å²) in [6, 6.07) is 21.7. The normalized spacial score (nSPS) is 17.9. The van der Waals surface area contributed by atoms with Crippen LogP contribution in [0.1, 0.15) is 28.4 Å². The first kappa shape index (κ1) is 14.3. The lowest BCUT2D eigenvalue weighted by Gasteiger charge is -2.33. The van der Waals surface area contributed by atoms with E-state index in [4.69, 9.17) is 4.42 Å². The van der Waals surface area contributed by atoms with Gasteiger partial charge >= 0.3 is 0 Å². The summed E-state index contributed by atoms with van der Waals surface area (Å²) in [5.74, 6) is 2.35. The quantitative estimate of drug-likeness (QED) is 0.674. The lowest BCUT2D eigenvalue weighted by atomic mass is 9.84. The molecule has 0 saturated heterocycles. The van der Waals surface area contributed by atoms with Crippen LogP contribution in [0.3, 0.4) is 0 Å². The molecule has 0 saturated carbocycles. The average Bonchev–Trinajstić information content (AvgIpc) is 3.01. The van der Waals surface area contributed by atoms with E-state index in [9.17, 15) is 0 Å². The first-order valence-corrected chi connectivity index (χ1v) is 8.14. The van der Waals surface area contributed by atoms with Crippen LogP contribution in [0, 0.1) is 6.92 Å². The van der Waals surface area contributed by atoms with Gasteiger partial charge in [-0.15, -0.1) is 0 Å². The van der Waals surface area contributed by atoms with Crippen molar-refractivity contribution in [2.45, 2.75) is 19.4 Å². The van der Waals surface area contributed by atoms with Crippen molar-refractivity contribution in [3.8, 4) is 11.3 Å². The molecule has 4 rings (SSSR count). The van der Waals surface area contributed by atoms with Crippen LogP contribution in [-0.4, -0.2) is 18.5 Å². The molecular weight excluding hydrogens is 282 g/mol. The molecule has 116 valence electrons. The Hall–Kier alpha value is -2.32. The standard InChI is InChI=1S/C21H21NO/c1-15-8-11-21(23-15)17-9-10-19-18(12-17)13-22(2)14-20(19)16-6-4-3-5-7-16/h3-12,20H,13-14H2,1-2H3/t20-/m0/s1. The number of hydrogen-bond donors (Lipinski definition) is 0.